The summed E-state index contributed by atoms with van der Waals surface area (Å²) in [7, 11) is 0. The van der Waals surface area contributed by atoms with E-state index in [2.05, 4.69) is 15.9 Å². The molecule has 1 rings (SSSR count). The molecule has 0 radical (unpaired) electrons. The number of hydrogen-bond donors (Lipinski definition) is 3. The second-order valence-electron chi connectivity index (χ2n) is 2.76. The van der Waals surface area contributed by atoms with Crippen LogP contribution in [0.2, 0.25) is 0 Å². The van der Waals surface area contributed by atoms with Gasteiger partial charge in [0.1, 0.15) is 5.75 Å². The minimum atomic E-state index is -2.75. The molecule has 0 spiro atoms. The van der Waals surface area contributed by atoms with Gasteiger partial charge < -0.3 is 16.6 Å². The number of nitrogens with two attached hydrogens (primary N) is 2. The van der Waals surface area contributed by atoms with Gasteiger partial charge in [-0.1, -0.05) is 15.9 Å². The number of alkyl halides is 2. The second-order valence-corrected chi connectivity index (χ2v) is 3.61. The smallest absolute Gasteiger partial charge is 0.257 e. The lowest BCUT2D eigenvalue weighted by molar-refractivity contribution is 0.115. The van der Waals surface area contributed by atoms with E-state index in [9.17, 15) is 13.9 Å². The Labute approximate surface area is 87.8 Å². The van der Waals surface area contributed by atoms with E-state index in [0.717, 1.165) is 0 Å². The van der Waals surface area contributed by atoms with Gasteiger partial charge in [0.15, 0.2) is 0 Å². The molecular formula is C8H9BrF2N2O. The number of phenolic OH excluding ortho intramolecular Hbond substituents is 1. The van der Waals surface area contributed by atoms with Crippen molar-refractivity contribution < 1.29 is 13.9 Å². The van der Waals surface area contributed by atoms with Gasteiger partial charge in [0.25, 0.3) is 6.43 Å². The molecule has 0 amide bonds. The average molecular weight is 267 g/mol. The molecule has 0 fully saturated rings. The van der Waals surface area contributed by atoms with Crippen molar-refractivity contribution in [2.75, 3.05) is 5.73 Å². The summed E-state index contributed by atoms with van der Waals surface area (Å²) in [6, 6.07) is 1.32. The van der Waals surface area contributed by atoms with Crippen molar-refractivity contribution in [1.29, 1.82) is 0 Å². The standard InChI is InChI=1S/C8H9BrF2N2O/c9-3-1-2-4(12)7(14)5(3)6(13)8(10)11/h1-2,6,8,14H,12-13H2/t6-/m1/s1. The molecule has 78 valence electrons. The molecule has 6 heteroatoms. The molecule has 0 saturated carbocycles. The summed E-state index contributed by atoms with van der Waals surface area (Å²) in [6.45, 7) is 0. The van der Waals surface area contributed by atoms with Gasteiger partial charge in [-0.3, -0.25) is 0 Å². The molecule has 0 aliphatic carbocycles. The third-order valence-electron chi connectivity index (χ3n) is 1.80. The van der Waals surface area contributed by atoms with Gasteiger partial charge in [0.05, 0.1) is 11.7 Å². The van der Waals surface area contributed by atoms with Crippen LogP contribution in [-0.2, 0) is 0 Å². The number of anilines is 1. The van der Waals surface area contributed by atoms with Gasteiger partial charge in [-0.25, -0.2) is 8.78 Å². The van der Waals surface area contributed by atoms with Crippen LogP contribution in [0.15, 0.2) is 16.6 Å². The molecule has 1 aromatic carbocycles. The number of halogens is 3. The lowest BCUT2D eigenvalue weighted by atomic mass is 10.1. The SMILES string of the molecule is Nc1ccc(Br)c([C@@H](N)C(F)F)c1O. The number of rotatable bonds is 2. The maximum absolute atomic E-state index is 12.3. The fourth-order valence-electron chi connectivity index (χ4n) is 1.04. The lowest BCUT2D eigenvalue weighted by Crippen LogP contribution is -2.19. The van der Waals surface area contributed by atoms with E-state index in [0.29, 0.717) is 4.47 Å². The largest absolute Gasteiger partial charge is 0.505 e. The molecular weight excluding hydrogens is 258 g/mol. The van der Waals surface area contributed by atoms with E-state index in [-0.39, 0.29) is 11.3 Å². The Bertz CT molecular complexity index is 346. The van der Waals surface area contributed by atoms with Crippen molar-refractivity contribution in [3.63, 3.8) is 0 Å². The highest BCUT2D eigenvalue weighted by molar-refractivity contribution is 9.10. The van der Waals surface area contributed by atoms with Crippen LogP contribution in [0, 0.1) is 0 Å². The normalized spacial score (nSPS) is 13.2. The molecule has 3 nitrogen and oxygen atoms in total. The Morgan fingerprint density at radius 3 is 2.43 bits per heavy atom. The first kappa shape index (κ1) is 11.2. The first-order chi connectivity index (χ1) is 6.45. The van der Waals surface area contributed by atoms with Crippen LogP contribution in [0.3, 0.4) is 0 Å². The predicted molar refractivity (Wildman–Crippen MR) is 53.2 cm³/mol. The zero-order valence-corrected chi connectivity index (χ0v) is 8.63. The van der Waals surface area contributed by atoms with E-state index >= 15 is 0 Å². The van der Waals surface area contributed by atoms with Gasteiger partial charge in [-0.05, 0) is 12.1 Å². The third-order valence-corrected chi connectivity index (χ3v) is 2.49. The minimum absolute atomic E-state index is 0.0271. The highest BCUT2D eigenvalue weighted by atomic mass is 79.9. The number of hydrogen-bond acceptors (Lipinski definition) is 3. The van der Waals surface area contributed by atoms with Crippen LogP contribution in [0.25, 0.3) is 0 Å². The van der Waals surface area contributed by atoms with E-state index < -0.39 is 18.2 Å². The van der Waals surface area contributed by atoms with E-state index in [1.807, 2.05) is 0 Å². The topological polar surface area (TPSA) is 72.3 Å². The van der Waals surface area contributed by atoms with Crippen molar-refractivity contribution in [3.8, 4) is 5.75 Å². The Kier molecular flexibility index (Phi) is 3.28. The summed E-state index contributed by atoms with van der Waals surface area (Å²) in [5.74, 6) is -0.396. The predicted octanol–water partition coefficient (Wildman–Crippen LogP) is 2.00. The summed E-state index contributed by atoms with van der Waals surface area (Å²) < 4.78 is 24.9. The molecule has 14 heavy (non-hydrogen) atoms. The molecule has 0 heterocycles. The summed E-state index contributed by atoms with van der Waals surface area (Å²) in [4.78, 5) is 0. The highest BCUT2D eigenvalue weighted by Crippen LogP contribution is 2.37. The van der Waals surface area contributed by atoms with Crippen molar-refractivity contribution in [1.82, 2.24) is 0 Å². The second kappa shape index (κ2) is 4.10. The number of benzene rings is 1. The first-order valence-corrected chi connectivity index (χ1v) is 4.55. The Morgan fingerprint density at radius 1 is 1.36 bits per heavy atom. The minimum Gasteiger partial charge on any atom is -0.505 e. The van der Waals surface area contributed by atoms with E-state index in [1.165, 1.54) is 12.1 Å². The van der Waals surface area contributed by atoms with Gasteiger partial charge in [-0.15, -0.1) is 0 Å². The summed E-state index contributed by atoms with van der Waals surface area (Å²) in [5, 5.41) is 9.43. The lowest BCUT2D eigenvalue weighted by Gasteiger charge is -2.15. The number of nitrogen functional groups attached to an aromatic ring is 1. The molecule has 5 N–H and O–H groups in total. The van der Waals surface area contributed by atoms with Crippen LogP contribution < -0.4 is 11.5 Å². The quantitative estimate of drug-likeness (QED) is 0.566. The summed E-state index contributed by atoms with van der Waals surface area (Å²) >= 11 is 3.02. The molecule has 0 aliphatic rings. The average Bonchev–Trinajstić information content (AvgIpc) is 2.12. The zero-order chi connectivity index (χ0) is 10.9. The molecule has 0 aliphatic heterocycles. The van der Waals surface area contributed by atoms with Crippen LogP contribution in [0.5, 0.6) is 5.75 Å². The molecule has 0 saturated heterocycles. The van der Waals surface area contributed by atoms with Gasteiger partial charge >= 0.3 is 0 Å². The maximum Gasteiger partial charge on any atom is 0.257 e. The van der Waals surface area contributed by atoms with Crippen LogP contribution in [-0.4, -0.2) is 11.5 Å². The van der Waals surface area contributed by atoms with E-state index in [4.69, 9.17) is 11.5 Å². The van der Waals surface area contributed by atoms with Crippen molar-refractivity contribution in [2.45, 2.75) is 12.5 Å². The van der Waals surface area contributed by atoms with Crippen LogP contribution in [0.4, 0.5) is 14.5 Å². The zero-order valence-electron chi connectivity index (χ0n) is 7.05. The number of phenols is 1. The van der Waals surface area contributed by atoms with Crippen molar-refractivity contribution in [2.24, 2.45) is 5.73 Å². The fourth-order valence-corrected chi connectivity index (χ4v) is 1.63. The van der Waals surface area contributed by atoms with Crippen molar-refractivity contribution in [3.05, 3.63) is 22.2 Å². The van der Waals surface area contributed by atoms with Gasteiger partial charge in [-0.2, -0.15) is 0 Å². The Balaban J connectivity index is 3.25. The molecule has 1 atom stereocenters. The van der Waals surface area contributed by atoms with Crippen LogP contribution in [0.1, 0.15) is 11.6 Å². The van der Waals surface area contributed by atoms with E-state index in [1.54, 1.807) is 0 Å². The van der Waals surface area contributed by atoms with Crippen molar-refractivity contribution >= 4 is 21.6 Å². The molecule has 0 bridgehead atoms. The third kappa shape index (κ3) is 1.96. The van der Waals surface area contributed by atoms with Crippen LogP contribution >= 0.6 is 15.9 Å². The number of aromatic hydroxyl groups is 1. The monoisotopic (exact) mass is 266 g/mol. The van der Waals surface area contributed by atoms with Gasteiger partial charge in [0, 0.05) is 10.0 Å². The Hall–Kier alpha value is -0.880. The van der Waals surface area contributed by atoms with Gasteiger partial charge in [0.2, 0.25) is 0 Å². The molecule has 0 unspecified atom stereocenters. The first-order valence-electron chi connectivity index (χ1n) is 3.75. The summed E-state index contributed by atoms with van der Waals surface area (Å²) in [6.07, 6.45) is -2.75. The highest BCUT2D eigenvalue weighted by Gasteiger charge is 2.24. The fraction of sp³-hybridized carbons (Fsp3) is 0.250. The molecule has 0 aromatic heterocycles. The molecule has 1 aromatic rings. The maximum atomic E-state index is 12.3. The Morgan fingerprint density at radius 2 is 1.93 bits per heavy atom. The summed E-state index contributed by atoms with van der Waals surface area (Å²) in [5.41, 5.74) is 10.5.